The first-order valence-corrected chi connectivity index (χ1v) is 4.04. The van der Waals surface area contributed by atoms with E-state index in [9.17, 15) is 9.59 Å². The van der Waals surface area contributed by atoms with Crippen molar-refractivity contribution in [2.24, 2.45) is 0 Å². The van der Waals surface area contributed by atoms with Gasteiger partial charge in [-0.05, 0) is 18.2 Å². The Morgan fingerprint density at radius 3 is 2.71 bits per heavy atom. The molecule has 0 aromatic heterocycles. The summed E-state index contributed by atoms with van der Waals surface area (Å²) in [6.45, 7) is -0.201. The maximum atomic E-state index is 11.2. The minimum atomic E-state index is -0.652. The smallest absolute Gasteiger partial charge is 0.421 e. The van der Waals surface area contributed by atoms with Gasteiger partial charge in [-0.3, -0.25) is 4.79 Å². The molecule has 0 unspecified atom stereocenters. The predicted molar refractivity (Wildman–Crippen MR) is 49.7 cm³/mol. The van der Waals surface area contributed by atoms with Crippen LogP contribution in [0.5, 0.6) is 0 Å². The van der Waals surface area contributed by atoms with E-state index in [1.807, 2.05) is 0 Å². The summed E-state index contributed by atoms with van der Waals surface area (Å²) in [5.74, 6) is -0.374. The summed E-state index contributed by atoms with van der Waals surface area (Å²) in [5, 5.41) is 0. The minimum absolute atomic E-state index is 0.201. The fraction of sp³-hybridized carbons (Fsp3) is 0.111. The molecule has 1 aromatic carbocycles. The van der Waals surface area contributed by atoms with Gasteiger partial charge in [-0.1, -0.05) is 6.07 Å². The predicted octanol–water partition coefficient (Wildman–Crippen LogP) is 0.752. The average molecular weight is 192 g/mol. The zero-order valence-electron chi connectivity index (χ0n) is 7.27. The number of amides is 2. The first-order valence-electron chi connectivity index (χ1n) is 4.04. The number of benzene rings is 1. The summed E-state index contributed by atoms with van der Waals surface area (Å²) in [6, 6.07) is 6.52. The maximum Gasteiger partial charge on any atom is 0.421 e. The molecule has 0 radical (unpaired) electrons. The van der Waals surface area contributed by atoms with E-state index < -0.39 is 6.09 Å². The van der Waals surface area contributed by atoms with Gasteiger partial charge in [0.05, 0.1) is 5.69 Å². The van der Waals surface area contributed by atoms with Crippen LogP contribution in [0.3, 0.4) is 0 Å². The molecule has 1 fully saturated rings. The Kier molecular flexibility index (Phi) is 1.85. The molecule has 5 heteroatoms. The lowest BCUT2D eigenvalue weighted by atomic mass is 10.2. The van der Waals surface area contributed by atoms with Gasteiger partial charge in [0.2, 0.25) is 0 Å². The molecule has 14 heavy (non-hydrogen) atoms. The normalized spacial score (nSPS) is 15.9. The van der Waals surface area contributed by atoms with E-state index in [-0.39, 0.29) is 12.5 Å². The zero-order valence-corrected chi connectivity index (χ0v) is 7.27. The van der Waals surface area contributed by atoms with Crippen LogP contribution in [0, 0.1) is 0 Å². The number of hydrogen-bond acceptors (Lipinski definition) is 4. The Balaban J connectivity index is 2.39. The lowest BCUT2D eigenvalue weighted by molar-refractivity contribution is -0.117. The van der Waals surface area contributed by atoms with Crippen LogP contribution in [0.25, 0.3) is 0 Å². The van der Waals surface area contributed by atoms with Gasteiger partial charge in [-0.25, -0.2) is 9.69 Å². The highest BCUT2D eigenvalue weighted by molar-refractivity contribution is 6.16. The first-order chi connectivity index (χ1) is 6.68. The Bertz CT molecular complexity index is 387. The molecule has 1 heterocycles. The highest BCUT2D eigenvalue weighted by Crippen LogP contribution is 2.21. The Morgan fingerprint density at radius 1 is 1.36 bits per heavy atom. The molecule has 2 N–H and O–H groups in total. The van der Waals surface area contributed by atoms with E-state index in [0.29, 0.717) is 11.4 Å². The van der Waals surface area contributed by atoms with Crippen molar-refractivity contribution < 1.29 is 14.3 Å². The third-order valence-electron chi connectivity index (χ3n) is 1.88. The highest BCUT2D eigenvalue weighted by Gasteiger charge is 2.32. The topological polar surface area (TPSA) is 72.6 Å². The number of imide groups is 1. The number of ether oxygens (including phenoxy) is 1. The van der Waals surface area contributed by atoms with Crippen LogP contribution in [0.1, 0.15) is 0 Å². The van der Waals surface area contributed by atoms with Crippen LogP contribution in [-0.2, 0) is 9.53 Å². The molecule has 2 rings (SSSR count). The molecule has 0 aliphatic carbocycles. The number of hydrogen-bond donors (Lipinski definition) is 1. The molecule has 5 nitrogen and oxygen atoms in total. The monoisotopic (exact) mass is 192 g/mol. The summed E-state index contributed by atoms with van der Waals surface area (Å²) in [4.78, 5) is 23.3. The lowest BCUT2D eigenvalue weighted by Crippen LogP contribution is -2.28. The molecule has 2 amide bonds. The fourth-order valence-corrected chi connectivity index (χ4v) is 1.27. The van der Waals surface area contributed by atoms with Gasteiger partial charge >= 0.3 is 6.09 Å². The second-order valence-electron chi connectivity index (χ2n) is 2.88. The van der Waals surface area contributed by atoms with Crippen LogP contribution < -0.4 is 10.6 Å². The van der Waals surface area contributed by atoms with E-state index >= 15 is 0 Å². The molecule has 1 aliphatic heterocycles. The fourth-order valence-electron chi connectivity index (χ4n) is 1.27. The number of nitrogens with zero attached hydrogens (tertiary/aromatic N) is 1. The van der Waals surface area contributed by atoms with Crippen molar-refractivity contribution in [2.75, 3.05) is 17.2 Å². The van der Waals surface area contributed by atoms with Crippen molar-refractivity contribution in [1.82, 2.24) is 0 Å². The SMILES string of the molecule is Nc1cccc(N2C(=O)COC2=O)c1. The van der Waals surface area contributed by atoms with Gasteiger partial charge < -0.3 is 10.5 Å². The second-order valence-corrected chi connectivity index (χ2v) is 2.88. The van der Waals surface area contributed by atoms with E-state index in [1.165, 1.54) is 0 Å². The Hall–Kier alpha value is -2.04. The standard InChI is InChI=1S/C9H8N2O3/c10-6-2-1-3-7(4-6)11-8(12)5-14-9(11)13/h1-4H,5,10H2. The van der Waals surface area contributed by atoms with Crippen LogP contribution in [-0.4, -0.2) is 18.6 Å². The van der Waals surface area contributed by atoms with E-state index in [2.05, 4.69) is 4.74 Å². The summed E-state index contributed by atoms with van der Waals surface area (Å²) < 4.78 is 4.57. The molecular formula is C9H8N2O3. The number of cyclic esters (lactones) is 1. The molecular weight excluding hydrogens is 184 g/mol. The number of nitrogen functional groups attached to an aromatic ring is 1. The lowest BCUT2D eigenvalue weighted by Gasteiger charge is -2.10. The molecule has 0 bridgehead atoms. The largest absolute Gasteiger partial charge is 0.439 e. The minimum Gasteiger partial charge on any atom is -0.439 e. The quantitative estimate of drug-likeness (QED) is 0.666. The van der Waals surface area contributed by atoms with Gasteiger partial charge in [0, 0.05) is 5.69 Å². The maximum absolute atomic E-state index is 11.2. The number of rotatable bonds is 1. The van der Waals surface area contributed by atoms with E-state index in [0.717, 1.165) is 4.90 Å². The van der Waals surface area contributed by atoms with Crippen LogP contribution in [0.15, 0.2) is 24.3 Å². The molecule has 1 aliphatic rings. The third kappa shape index (κ3) is 1.28. The van der Waals surface area contributed by atoms with Crippen molar-refractivity contribution >= 4 is 23.4 Å². The molecule has 72 valence electrons. The summed E-state index contributed by atoms with van der Waals surface area (Å²) in [6.07, 6.45) is -0.652. The van der Waals surface area contributed by atoms with E-state index in [4.69, 9.17) is 5.73 Å². The third-order valence-corrected chi connectivity index (χ3v) is 1.88. The number of carbonyl (C=O) groups is 2. The molecule has 0 atom stereocenters. The second kappa shape index (κ2) is 3.02. The van der Waals surface area contributed by atoms with Gasteiger partial charge in [-0.2, -0.15) is 0 Å². The van der Waals surface area contributed by atoms with Crippen molar-refractivity contribution in [3.63, 3.8) is 0 Å². The van der Waals surface area contributed by atoms with Gasteiger partial charge in [0.15, 0.2) is 6.61 Å². The number of anilines is 2. The van der Waals surface area contributed by atoms with Crippen LogP contribution in [0.2, 0.25) is 0 Å². The van der Waals surface area contributed by atoms with Gasteiger partial charge in [0.1, 0.15) is 0 Å². The Morgan fingerprint density at radius 2 is 2.14 bits per heavy atom. The van der Waals surface area contributed by atoms with Gasteiger partial charge in [0.25, 0.3) is 5.91 Å². The first kappa shape index (κ1) is 8.55. The highest BCUT2D eigenvalue weighted by atomic mass is 16.6. The number of carbonyl (C=O) groups excluding carboxylic acids is 2. The van der Waals surface area contributed by atoms with E-state index in [1.54, 1.807) is 24.3 Å². The summed E-state index contributed by atoms with van der Waals surface area (Å²) in [7, 11) is 0. The average Bonchev–Trinajstić information content (AvgIpc) is 2.46. The van der Waals surface area contributed by atoms with Crippen molar-refractivity contribution in [3.05, 3.63) is 24.3 Å². The number of nitrogens with two attached hydrogens (primary N) is 1. The summed E-state index contributed by atoms with van der Waals surface area (Å²) in [5.41, 5.74) is 6.46. The Labute approximate surface area is 80.1 Å². The van der Waals surface area contributed by atoms with Crippen LogP contribution in [0.4, 0.5) is 16.2 Å². The molecule has 0 saturated carbocycles. The molecule has 1 aromatic rings. The molecule has 0 spiro atoms. The zero-order chi connectivity index (χ0) is 10.1. The van der Waals surface area contributed by atoms with Gasteiger partial charge in [-0.15, -0.1) is 0 Å². The van der Waals surface area contributed by atoms with Crippen molar-refractivity contribution in [2.45, 2.75) is 0 Å². The van der Waals surface area contributed by atoms with Crippen LogP contribution >= 0.6 is 0 Å². The van der Waals surface area contributed by atoms with Crippen molar-refractivity contribution in [3.8, 4) is 0 Å². The van der Waals surface area contributed by atoms with Crippen molar-refractivity contribution in [1.29, 1.82) is 0 Å². The summed E-state index contributed by atoms with van der Waals surface area (Å²) >= 11 is 0. The molecule has 1 saturated heterocycles.